The van der Waals surface area contributed by atoms with Crippen molar-refractivity contribution >= 4 is 27.3 Å². The molecule has 1 N–H and O–H groups in total. The van der Waals surface area contributed by atoms with Crippen molar-refractivity contribution in [3.63, 3.8) is 0 Å². The van der Waals surface area contributed by atoms with Crippen molar-refractivity contribution in [2.45, 2.75) is 11.8 Å². The average Bonchev–Trinajstić information content (AvgIpc) is 2.77. The highest BCUT2D eigenvalue weighted by Crippen LogP contribution is 2.39. The summed E-state index contributed by atoms with van der Waals surface area (Å²) in [6.07, 6.45) is 0. The van der Waals surface area contributed by atoms with Crippen LogP contribution in [0.15, 0.2) is 65.6 Å². The molecule has 0 aromatic heterocycles. The SMILES string of the molecule is Cc1cc(F)ccc1S(=O)(=O)Nc1ccc2c(c1)C(=O)N(C)c1ccccc1O2. The molecule has 0 saturated carbocycles. The van der Waals surface area contributed by atoms with Crippen molar-refractivity contribution in [1.82, 2.24) is 0 Å². The molecule has 0 bridgehead atoms. The number of hydrogen-bond acceptors (Lipinski definition) is 4. The van der Waals surface area contributed by atoms with Crippen LogP contribution in [-0.2, 0) is 10.0 Å². The first-order valence-corrected chi connectivity index (χ1v) is 10.2. The maximum absolute atomic E-state index is 13.3. The van der Waals surface area contributed by atoms with Gasteiger partial charge < -0.3 is 9.64 Å². The molecule has 0 aliphatic carbocycles. The Labute approximate surface area is 167 Å². The van der Waals surface area contributed by atoms with Crippen LogP contribution in [0.25, 0.3) is 0 Å². The summed E-state index contributed by atoms with van der Waals surface area (Å²) in [7, 11) is -2.34. The van der Waals surface area contributed by atoms with E-state index < -0.39 is 15.8 Å². The van der Waals surface area contributed by atoms with Crippen molar-refractivity contribution in [3.05, 3.63) is 77.6 Å². The molecule has 29 heavy (non-hydrogen) atoms. The van der Waals surface area contributed by atoms with Gasteiger partial charge in [-0.25, -0.2) is 12.8 Å². The van der Waals surface area contributed by atoms with Crippen LogP contribution in [0, 0.1) is 12.7 Å². The van der Waals surface area contributed by atoms with E-state index in [4.69, 9.17) is 4.74 Å². The summed E-state index contributed by atoms with van der Waals surface area (Å²) in [5.74, 6) is 0.00543. The van der Waals surface area contributed by atoms with Gasteiger partial charge in [0.25, 0.3) is 15.9 Å². The third-order valence-electron chi connectivity index (χ3n) is 4.64. The predicted octanol–water partition coefficient (Wildman–Crippen LogP) is 4.32. The van der Waals surface area contributed by atoms with Crippen molar-refractivity contribution in [2.24, 2.45) is 0 Å². The fourth-order valence-electron chi connectivity index (χ4n) is 3.20. The molecule has 3 aromatic carbocycles. The number of carbonyl (C=O) groups is 1. The largest absolute Gasteiger partial charge is 0.454 e. The van der Waals surface area contributed by atoms with Gasteiger partial charge in [0.05, 0.1) is 16.1 Å². The molecule has 6 nitrogen and oxygen atoms in total. The lowest BCUT2D eigenvalue weighted by Crippen LogP contribution is -2.25. The van der Waals surface area contributed by atoms with Gasteiger partial charge in [-0.1, -0.05) is 12.1 Å². The highest BCUT2D eigenvalue weighted by Gasteiger charge is 2.26. The molecular weight excluding hydrogens is 395 g/mol. The summed E-state index contributed by atoms with van der Waals surface area (Å²) in [5.41, 5.74) is 1.31. The van der Waals surface area contributed by atoms with Gasteiger partial charge in [0, 0.05) is 12.7 Å². The number of benzene rings is 3. The van der Waals surface area contributed by atoms with E-state index in [1.165, 1.54) is 30.0 Å². The second-order valence-electron chi connectivity index (χ2n) is 6.66. The third-order valence-corrected chi connectivity index (χ3v) is 6.18. The Morgan fingerprint density at radius 1 is 1.00 bits per heavy atom. The number of nitrogens with one attached hydrogen (secondary N) is 1. The van der Waals surface area contributed by atoms with Crippen LogP contribution < -0.4 is 14.4 Å². The molecule has 0 spiro atoms. The van der Waals surface area contributed by atoms with Crippen molar-refractivity contribution in [3.8, 4) is 11.5 Å². The summed E-state index contributed by atoms with van der Waals surface area (Å²) in [4.78, 5) is 14.3. The molecule has 4 rings (SSSR count). The molecule has 0 fully saturated rings. The summed E-state index contributed by atoms with van der Waals surface area (Å²) in [6.45, 7) is 1.51. The highest BCUT2D eigenvalue weighted by atomic mass is 32.2. The fraction of sp³-hybridized carbons (Fsp3) is 0.0952. The standard InChI is InChI=1S/C21H17FN2O4S/c1-13-11-14(22)7-10-20(13)29(26,27)23-15-8-9-18-16(12-15)21(25)24(2)17-5-3-4-6-19(17)28-18/h3-12,23H,1-2H3. The minimum absolute atomic E-state index is 0.0408. The number of hydrogen-bond donors (Lipinski definition) is 1. The van der Waals surface area contributed by atoms with Crippen LogP contribution in [0.3, 0.4) is 0 Å². The molecule has 1 aliphatic rings. The Hall–Kier alpha value is -3.39. The topological polar surface area (TPSA) is 75.7 Å². The molecule has 1 amide bonds. The minimum atomic E-state index is -3.96. The maximum Gasteiger partial charge on any atom is 0.262 e. The molecule has 1 heterocycles. The van der Waals surface area contributed by atoms with E-state index in [1.807, 2.05) is 0 Å². The number of ether oxygens (including phenoxy) is 1. The van der Waals surface area contributed by atoms with Crippen molar-refractivity contribution < 1.29 is 22.3 Å². The van der Waals surface area contributed by atoms with Crippen LogP contribution in [0.5, 0.6) is 11.5 Å². The molecule has 0 atom stereocenters. The lowest BCUT2D eigenvalue weighted by molar-refractivity contribution is 0.0993. The van der Waals surface area contributed by atoms with Gasteiger partial charge in [0.2, 0.25) is 0 Å². The summed E-state index contributed by atoms with van der Waals surface area (Å²) in [5, 5.41) is 0. The first-order valence-electron chi connectivity index (χ1n) is 8.74. The van der Waals surface area contributed by atoms with Crippen molar-refractivity contribution in [2.75, 3.05) is 16.7 Å². The number of rotatable bonds is 3. The first-order chi connectivity index (χ1) is 13.8. The number of amides is 1. The summed E-state index contributed by atoms with van der Waals surface area (Å²) < 4.78 is 47.1. The van der Waals surface area contributed by atoms with E-state index >= 15 is 0 Å². The van der Waals surface area contributed by atoms with Crippen LogP contribution in [0.4, 0.5) is 15.8 Å². The molecule has 0 radical (unpaired) electrons. The first kappa shape index (κ1) is 18.9. The number of carbonyl (C=O) groups excluding carboxylic acids is 1. The zero-order valence-electron chi connectivity index (χ0n) is 15.6. The monoisotopic (exact) mass is 412 g/mol. The molecule has 1 aliphatic heterocycles. The lowest BCUT2D eigenvalue weighted by atomic mass is 10.1. The van der Waals surface area contributed by atoms with Gasteiger partial charge in [0.15, 0.2) is 5.75 Å². The van der Waals surface area contributed by atoms with E-state index in [0.29, 0.717) is 17.2 Å². The molecule has 3 aromatic rings. The summed E-state index contributed by atoms with van der Waals surface area (Å²) >= 11 is 0. The number of halogens is 1. The zero-order chi connectivity index (χ0) is 20.8. The van der Waals surface area contributed by atoms with Crippen molar-refractivity contribution in [1.29, 1.82) is 0 Å². The zero-order valence-corrected chi connectivity index (χ0v) is 16.5. The Bertz CT molecular complexity index is 1240. The Morgan fingerprint density at radius 3 is 2.52 bits per heavy atom. The molecular formula is C21H17FN2O4S. The predicted molar refractivity (Wildman–Crippen MR) is 108 cm³/mol. The van der Waals surface area contributed by atoms with Crippen LogP contribution in [-0.4, -0.2) is 21.4 Å². The second-order valence-corrected chi connectivity index (χ2v) is 8.31. The maximum atomic E-state index is 13.3. The number of anilines is 2. The smallest absolute Gasteiger partial charge is 0.262 e. The van der Waals surface area contributed by atoms with Gasteiger partial charge in [-0.3, -0.25) is 9.52 Å². The van der Waals surface area contributed by atoms with E-state index in [9.17, 15) is 17.6 Å². The normalized spacial score (nSPS) is 13.2. The second kappa shape index (κ2) is 6.89. The fourth-order valence-corrected chi connectivity index (χ4v) is 4.48. The molecule has 0 saturated heterocycles. The van der Waals surface area contributed by atoms with Crippen LogP contribution >= 0.6 is 0 Å². The average molecular weight is 412 g/mol. The number of sulfonamides is 1. The van der Waals surface area contributed by atoms with Gasteiger partial charge in [0.1, 0.15) is 11.6 Å². The van der Waals surface area contributed by atoms with E-state index in [0.717, 1.165) is 12.1 Å². The highest BCUT2D eigenvalue weighted by molar-refractivity contribution is 7.92. The molecule has 148 valence electrons. The van der Waals surface area contributed by atoms with Gasteiger partial charge in [-0.05, 0) is 61.0 Å². The van der Waals surface area contributed by atoms with Gasteiger partial charge in [-0.2, -0.15) is 0 Å². The number of para-hydroxylation sites is 2. The quantitative estimate of drug-likeness (QED) is 0.695. The molecule has 0 unspecified atom stereocenters. The summed E-state index contributed by atoms with van der Waals surface area (Å²) in [6, 6.07) is 15.0. The molecule has 8 heteroatoms. The van der Waals surface area contributed by atoms with E-state index in [1.54, 1.807) is 37.4 Å². The third kappa shape index (κ3) is 3.42. The number of nitrogens with zero attached hydrogens (tertiary/aromatic N) is 1. The van der Waals surface area contributed by atoms with E-state index in [-0.39, 0.29) is 27.6 Å². The Morgan fingerprint density at radius 2 is 1.76 bits per heavy atom. The van der Waals surface area contributed by atoms with Crippen LogP contribution in [0.1, 0.15) is 15.9 Å². The number of aryl methyl sites for hydroxylation is 1. The Balaban J connectivity index is 1.71. The van der Waals surface area contributed by atoms with Gasteiger partial charge in [-0.15, -0.1) is 0 Å². The minimum Gasteiger partial charge on any atom is -0.454 e. The van der Waals surface area contributed by atoms with E-state index in [2.05, 4.69) is 4.72 Å². The lowest BCUT2D eigenvalue weighted by Gasteiger charge is -2.16. The van der Waals surface area contributed by atoms with Crippen LogP contribution in [0.2, 0.25) is 0 Å². The Kier molecular flexibility index (Phi) is 4.50. The van der Waals surface area contributed by atoms with Gasteiger partial charge >= 0.3 is 0 Å². The number of fused-ring (bicyclic) bond motifs is 2.